The Hall–Kier alpha value is -0.330. The van der Waals surface area contributed by atoms with E-state index in [1.54, 1.807) is 11.9 Å². The van der Waals surface area contributed by atoms with E-state index < -0.39 is 12.6 Å². The van der Waals surface area contributed by atoms with E-state index in [0.717, 1.165) is 13.0 Å². The van der Waals surface area contributed by atoms with Gasteiger partial charge in [-0.05, 0) is 20.5 Å². The van der Waals surface area contributed by atoms with Crippen molar-refractivity contribution < 1.29 is 17.9 Å². The van der Waals surface area contributed by atoms with Crippen molar-refractivity contribution in [3.8, 4) is 0 Å². The second-order valence-corrected chi connectivity index (χ2v) is 4.65. The van der Waals surface area contributed by atoms with Gasteiger partial charge in [-0.15, -0.1) is 0 Å². The van der Waals surface area contributed by atoms with Crippen molar-refractivity contribution in [1.82, 2.24) is 10.2 Å². The van der Waals surface area contributed by atoms with Crippen LogP contribution < -0.4 is 5.32 Å². The van der Waals surface area contributed by atoms with Gasteiger partial charge in [0.2, 0.25) is 0 Å². The summed E-state index contributed by atoms with van der Waals surface area (Å²) in [7, 11) is 3.58. The standard InChI is InChI=1S/C11H21F3N2O/c1-15-10(9-3-6-17-8-9)7-16(2)5-4-11(12,13)14/h9-10,15H,3-8H2,1-2H3. The minimum Gasteiger partial charge on any atom is -0.381 e. The zero-order chi connectivity index (χ0) is 12.9. The van der Waals surface area contributed by atoms with Crippen molar-refractivity contribution >= 4 is 0 Å². The average Bonchev–Trinajstić information content (AvgIpc) is 2.75. The number of hydrogen-bond acceptors (Lipinski definition) is 3. The molecule has 0 aliphatic carbocycles. The maximum Gasteiger partial charge on any atom is 0.390 e. The van der Waals surface area contributed by atoms with Crippen LogP contribution in [0, 0.1) is 5.92 Å². The van der Waals surface area contributed by atoms with Gasteiger partial charge in [0, 0.05) is 31.7 Å². The van der Waals surface area contributed by atoms with Gasteiger partial charge in [0.25, 0.3) is 0 Å². The van der Waals surface area contributed by atoms with Crippen LogP contribution in [0.2, 0.25) is 0 Å². The smallest absolute Gasteiger partial charge is 0.381 e. The van der Waals surface area contributed by atoms with Crippen molar-refractivity contribution in [2.75, 3.05) is 40.4 Å². The molecule has 102 valence electrons. The first kappa shape index (κ1) is 14.7. The number of likely N-dealkylation sites (N-methyl/N-ethyl adjacent to an activating group) is 2. The summed E-state index contributed by atoms with van der Waals surface area (Å²) in [5.41, 5.74) is 0. The minimum atomic E-state index is -4.07. The van der Waals surface area contributed by atoms with E-state index in [9.17, 15) is 13.2 Å². The molecule has 1 rings (SSSR count). The molecule has 2 unspecified atom stereocenters. The van der Waals surface area contributed by atoms with E-state index in [1.165, 1.54) is 0 Å². The lowest BCUT2D eigenvalue weighted by Gasteiger charge is -2.27. The van der Waals surface area contributed by atoms with E-state index in [1.807, 2.05) is 7.05 Å². The molecule has 3 nitrogen and oxygen atoms in total. The maximum atomic E-state index is 12.1. The molecule has 0 aromatic carbocycles. The Morgan fingerprint density at radius 2 is 2.18 bits per heavy atom. The summed E-state index contributed by atoms with van der Waals surface area (Å²) >= 11 is 0. The van der Waals surface area contributed by atoms with Gasteiger partial charge in [-0.1, -0.05) is 0 Å². The fraction of sp³-hybridized carbons (Fsp3) is 1.00. The van der Waals surface area contributed by atoms with Crippen molar-refractivity contribution in [3.05, 3.63) is 0 Å². The molecule has 1 aliphatic heterocycles. The number of alkyl halides is 3. The van der Waals surface area contributed by atoms with Crippen LogP contribution in [0.1, 0.15) is 12.8 Å². The van der Waals surface area contributed by atoms with Crippen molar-refractivity contribution in [1.29, 1.82) is 0 Å². The van der Waals surface area contributed by atoms with Crippen LogP contribution in [0.5, 0.6) is 0 Å². The molecule has 0 radical (unpaired) electrons. The molecule has 1 aliphatic rings. The number of nitrogens with one attached hydrogen (secondary N) is 1. The number of hydrogen-bond donors (Lipinski definition) is 1. The lowest BCUT2D eigenvalue weighted by Crippen LogP contribution is -2.44. The molecule has 0 aromatic heterocycles. The van der Waals surface area contributed by atoms with Crippen molar-refractivity contribution in [3.63, 3.8) is 0 Å². The molecule has 0 amide bonds. The molecule has 1 heterocycles. The lowest BCUT2D eigenvalue weighted by molar-refractivity contribution is -0.137. The second kappa shape index (κ2) is 6.56. The quantitative estimate of drug-likeness (QED) is 0.777. The van der Waals surface area contributed by atoms with Gasteiger partial charge in [0.1, 0.15) is 0 Å². The monoisotopic (exact) mass is 254 g/mol. The molecule has 0 saturated carbocycles. The third kappa shape index (κ3) is 5.70. The average molecular weight is 254 g/mol. The Morgan fingerprint density at radius 3 is 2.65 bits per heavy atom. The van der Waals surface area contributed by atoms with Gasteiger partial charge >= 0.3 is 6.18 Å². The van der Waals surface area contributed by atoms with Crippen LogP contribution in [0.3, 0.4) is 0 Å². The molecule has 1 saturated heterocycles. The summed E-state index contributed by atoms with van der Waals surface area (Å²) in [6, 6.07) is 0.204. The van der Waals surface area contributed by atoms with Crippen LogP contribution in [0.4, 0.5) is 13.2 Å². The number of halogens is 3. The first-order valence-corrected chi connectivity index (χ1v) is 5.92. The van der Waals surface area contributed by atoms with E-state index in [4.69, 9.17) is 4.74 Å². The SMILES string of the molecule is CNC(CN(C)CCC(F)(F)F)C1CCOC1. The van der Waals surface area contributed by atoms with E-state index in [0.29, 0.717) is 19.1 Å². The Labute approximate surface area is 100 Å². The van der Waals surface area contributed by atoms with E-state index in [2.05, 4.69) is 5.32 Å². The second-order valence-electron chi connectivity index (χ2n) is 4.65. The Kier molecular flexibility index (Phi) is 5.69. The highest BCUT2D eigenvalue weighted by molar-refractivity contribution is 4.80. The van der Waals surface area contributed by atoms with Gasteiger partial charge < -0.3 is 15.0 Å². The van der Waals surface area contributed by atoms with Crippen LogP contribution in [-0.4, -0.2) is 57.5 Å². The number of nitrogens with zero attached hydrogens (tertiary/aromatic N) is 1. The van der Waals surface area contributed by atoms with Crippen LogP contribution in [0.15, 0.2) is 0 Å². The predicted molar refractivity (Wildman–Crippen MR) is 59.9 cm³/mol. The Bertz CT molecular complexity index is 217. The van der Waals surface area contributed by atoms with Crippen molar-refractivity contribution in [2.24, 2.45) is 5.92 Å². The summed E-state index contributed by atoms with van der Waals surface area (Å²) in [5, 5.41) is 3.17. The molecule has 0 spiro atoms. The molecule has 2 atom stereocenters. The topological polar surface area (TPSA) is 24.5 Å². The van der Waals surface area contributed by atoms with Gasteiger partial charge in [0.05, 0.1) is 13.0 Å². The highest BCUT2D eigenvalue weighted by Crippen LogP contribution is 2.20. The molecular weight excluding hydrogens is 233 g/mol. The van der Waals surface area contributed by atoms with E-state index in [-0.39, 0.29) is 12.6 Å². The Morgan fingerprint density at radius 1 is 1.47 bits per heavy atom. The zero-order valence-corrected chi connectivity index (χ0v) is 10.4. The summed E-state index contributed by atoms with van der Waals surface area (Å²) in [6.07, 6.45) is -3.83. The highest BCUT2D eigenvalue weighted by Gasteiger charge is 2.29. The third-order valence-electron chi connectivity index (χ3n) is 3.19. The third-order valence-corrected chi connectivity index (χ3v) is 3.19. The first-order chi connectivity index (χ1) is 7.92. The maximum absolute atomic E-state index is 12.1. The molecule has 0 bridgehead atoms. The summed E-state index contributed by atoms with van der Waals surface area (Å²) in [4.78, 5) is 1.73. The first-order valence-electron chi connectivity index (χ1n) is 5.92. The van der Waals surface area contributed by atoms with Gasteiger partial charge in [0.15, 0.2) is 0 Å². The number of ether oxygens (including phenoxy) is 1. The van der Waals surface area contributed by atoms with Gasteiger partial charge in [-0.25, -0.2) is 0 Å². The van der Waals surface area contributed by atoms with Gasteiger partial charge in [-0.2, -0.15) is 13.2 Å². The summed E-state index contributed by atoms with van der Waals surface area (Å²) < 4.78 is 41.5. The van der Waals surface area contributed by atoms with Crippen LogP contribution in [-0.2, 0) is 4.74 Å². The Balaban J connectivity index is 2.29. The van der Waals surface area contributed by atoms with Crippen LogP contribution >= 0.6 is 0 Å². The highest BCUT2D eigenvalue weighted by atomic mass is 19.4. The molecule has 0 aromatic rings. The molecule has 17 heavy (non-hydrogen) atoms. The normalized spacial score (nSPS) is 23.3. The zero-order valence-electron chi connectivity index (χ0n) is 10.4. The predicted octanol–water partition coefficient (Wildman–Crippen LogP) is 1.50. The summed E-state index contributed by atoms with van der Waals surface area (Å²) in [5.74, 6) is 0.410. The minimum absolute atomic E-state index is 0.0509. The molecule has 6 heteroatoms. The van der Waals surface area contributed by atoms with Gasteiger partial charge in [-0.3, -0.25) is 0 Å². The van der Waals surface area contributed by atoms with Crippen molar-refractivity contribution in [2.45, 2.75) is 25.1 Å². The molecular formula is C11H21F3N2O. The fourth-order valence-corrected chi connectivity index (χ4v) is 2.09. The summed E-state index contributed by atoms with van der Waals surface area (Å²) in [6.45, 7) is 2.14. The molecule has 1 N–H and O–H groups in total. The molecule has 1 fully saturated rings. The number of rotatable bonds is 6. The van der Waals surface area contributed by atoms with Crippen LogP contribution in [0.25, 0.3) is 0 Å². The lowest BCUT2D eigenvalue weighted by atomic mass is 9.99. The fourth-order valence-electron chi connectivity index (χ4n) is 2.09. The van der Waals surface area contributed by atoms with E-state index >= 15 is 0 Å². The largest absolute Gasteiger partial charge is 0.390 e.